The van der Waals surface area contributed by atoms with Crippen molar-refractivity contribution in [2.24, 2.45) is 0 Å². The Morgan fingerprint density at radius 1 is 1.36 bits per heavy atom. The number of amides is 1. The summed E-state index contributed by atoms with van der Waals surface area (Å²) in [7, 11) is 0. The zero-order chi connectivity index (χ0) is 15.5. The molecule has 1 amide bonds. The average Bonchev–Trinajstić information content (AvgIpc) is 2.92. The molecule has 2 aromatic heterocycles. The molecule has 2 aromatic rings. The van der Waals surface area contributed by atoms with Crippen LogP contribution in [-0.4, -0.2) is 38.8 Å². The van der Waals surface area contributed by atoms with Crippen LogP contribution in [0, 0.1) is 13.8 Å². The van der Waals surface area contributed by atoms with E-state index in [1.165, 1.54) is 0 Å². The number of nitrogens with zero attached hydrogens (tertiary/aromatic N) is 4. The molecule has 3 rings (SSSR count). The van der Waals surface area contributed by atoms with Gasteiger partial charge in [0.15, 0.2) is 0 Å². The fourth-order valence-corrected chi connectivity index (χ4v) is 3.49. The van der Waals surface area contributed by atoms with Gasteiger partial charge in [-0.2, -0.15) is 0 Å². The second kappa shape index (κ2) is 6.52. The molecule has 0 bridgehead atoms. The van der Waals surface area contributed by atoms with Crippen molar-refractivity contribution in [2.75, 3.05) is 13.1 Å². The summed E-state index contributed by atoms with van der Waals surface area (Å²) < 4.78 is 0. The van der Waals surface area contributed by atoms with Crippen LogP contribution in [0.2, 0.25) is 0 Å². The monoisotopic (exact) mass is 316 g/mol. The average molecular weight is 316 g/mol. The number of thiazole rings is 1. The predicted octanol–water partition coefficient (Wildman–Crippen LogP) is 2.50. The van der Waals surface area contributed by atoms with Crippen LogP contribution >= 0.6 is 11.3 Å². The standard InChI is InChI=1S/C16H20N4OS/c1-11-7-17-8-15(18-11)13-4-3-5-20(9-13)16(21)6-14-10-22-12(2)19-14/h7-8,10,13H,3-6,9H2,1-2H3. The number of aryl methyl sites for hydroxylation is 2. The first-order chi connectivity index (χ1) is 10.6. The van der Waals surface area contributed by atoms with E-state index in [-0.39, 0.29) is 5.91 Å². The highest BCUT2D eigenvalue weighted by Gasteiger charge is 2.26. The van der Waals surface area contributed by atoms with Crippen molar-refractivity contribution >= 4 is 17.2 Å². The minimum absolute atomic E-state index is 0.163. The van der Waals surface area contributed by atoms with Crippen LogP contribution in [0.5, 0.6) is 0 Å². The molecular formula is C16H20N4OS. The number of carbonyl (C=O) groups is 1. The Labute approximate surface area is 134 Å². The molecule has 0 N–H and O–H groups in total. The molecule has 0 aromatic carbocycles. The third-order valence-electron chi connectivity index (χ3n) is 3.96. The number of likely N-dealkylation sites (tertiary alicyclic amines) is 1. The summed E-state index contributed by atoms with van der Waals surface area (Å²) in [5.74, 6) is 0.456. The van der Waals surface area contributed by atoms with E-state index in [1.54, 1.807) is 17.5 Å². The number of carbonyl (C=O) groups excluding carboxylic acids is 1. The van der Waals surface area contributed by atoms with Crippen molar-refractivity contribution in [2.45, 2.75) is 39.0 Å². The summed E-state index contributed by atoms with van der Waals surface area (Å²) >= 11 is 1.59. The van der Waals surface area contributed by atoms with Gasteiger partial charge >= 0.3 is 0 Å². The van der Waals surface area contributed by atoms with Crippen LogP contribution in [0.25, 0.3) is 0 Å². The number of hydrogen-bond acceptors (Lipinski definition) is 5. The van der Waals surface area contributed by atoms with Crippen LogP contribution in [-0.2, 0) is 11.2 Å². The molecule has 3 heterocycles. The summed E-state index contributed by atoms with van der Waals surface area (Å²) in [6.45, 7) is 5.48. The fraction of sp³-hybridized carbons (Fsp3) is 0.500. The Hall–Kier alpha value is -1.82. The molecule has 1 aliphatic rings. The molecule has 1 aliphatic heterocycles. The second-order valence-corrected chi connectivity index (χ2v) is 6.86. The predicted molar refractivity (Wildman–Crippen MR) is 85.9 cm³/mol. The Morgan fingerprint density at radius 3 is 2.95 bits per heavy atom. The van der Waals surface area contributed by atoms with E-state index in [9.17, 15) is 4.79 Å². The van der Waals surface area contributed by atoms with Gasteiger partial charge < -0.3 is 4.90 Å². The van der Waals surface area contributed by atoms with Crippen LogP contribution in [0.1, 0.15) is 40.8 Å². The lowest BCUT2D eigenvalue weighted by Crippen LogP contribution is -2.40. The number of aromatic nitrogens is 3. The highest BCUT2D eigenvalue weighted by atomic mass is 32.1. The van der Waals surface area contributed by atoms with Gasteiger partial charge in [0.1, 0.15) is 0 Å². The van der Waals surface area contributed by atoms with Gasteiger partial charge in [-0.1, -0.05) is 0 Å². The van der Waals surface area contributed by atoms with E-state index in [0.29, 0.717) is 12.3 Å². The molecule has 0 spiro atoms. The largest absolute Gasteiger partial charge is 0.342 e. The third-order valence-corrected chi connectivity index (χ3v) is 4.79. The van der Waals surface area contributed by atoms with Crippen LogP contribution in [0.4, 0.5) is 0 Å². The molecule has 1 unspecified atom stereocenters. The molecule has 1 saturated heterocycles. The molecular weight excluding hydrogens is 296 g/mol. The first kappa shape index (κ1) is 15.1. The van der Waals surface area contributed by atoms with Crippen molar-refractivity contribution in [3.8, 4) is 0 Å². The lowest BCUT2D eigenvalue weighted by atomic mass is 9.94. The van der Waals surface area contributed by atoms with Gasteiger partial charge in [0.25, 0.3) is 0 Å². The van der Waals surface area contributed by atoms with Crippen molar-refractivity contribution in [1.82, 2.24) is 19.9 Å². The van der Waals surface area contributed by atoms with Gasteiger partial charge in [0.2, 0.25) is 5.91 Å². The first-order valence-electron chi connectivity index (χ1n) is 7.59. The van der Waals surface area contributed by atoms with Gasteiger partial charge in [-0.15, -0.1) is 11.3 Å². The summed E-state index contributed by atoms with van der Waals surface area (Å²) in [6.07, 6.45) is 6.08. The van der Waals surface area contributed by atoms with Crippen LogP contribution < -0.4 is 0 Å². The maximum absolute atomic E-state index is 12.5. The molecule has 1 fully saturated rings. The molecule has 22 heavy (non-hydrogen) atoms. The molecule has 5 nitrogen and oxygen atoms in total. The van der Waals surface area contributed by atoms with E-state index in [2.05, 4.69) is 15.0 Å². The fourth-order valence-electron chi connectivity index (χ4n) is 2.88. The van der Waals surface area contributed by atoms with E-state index in [1.807, 2.05) is 30.3 Å². The zero-order valence-electron chi connectivity index (χ0n) is 13.0. The van der Waals surface area contributed by atoms with Crippen molar-refractivity contribution < 1.29 is 4.79 Å². The molecule has 0 saturated carbocycles. The van der Waals surface area contributed by atoms with E-state index in [4.69, 9.17) is 0 Å². The smallest absolute Gasteiger partial charge is 0.228 e. The van der Waals surface area contributed by atoms with E-state index >= 15 is 0 Å². The van der Waals surface area contributed by atoms with Gasteiger partial charge in [-0.25, -0.2) is 4.98 Å². The maximum atomic E-state index is 12.5. The normalized spacial score (nSPS) is 18.5. The minimum Gasteiger partial charge on any atom is -0.342 e. The maximum Gasteiger partial charge on any atom is 0.228 e. The highest BCUT2D eigenvalue weighted by molar-refractivity contribution is 7.09. The molecule has 0 radical (unpaired) electrons. The van der Waals surface area contributed by atoms with E-state index < -0.39 is 0 Å². The summed E-state index contributed by atoms with van der Waals surface area (Å²) in [5.41, 5.74) is 2.81. The summed E-state index contributed by atoms with van der Waals surface area (Å²) in [5, 5.41) is 2.98. The minimum atomic E-state index is 0.163. The Bertz CT molecular complexity index is 670. The van der Waals surface area contributed by atoms with E-state index in [0.717, 1.165) is 48.0 Å². The van der Waals surface area contributed by atoms with Crippen LogP contribution in [0.15, 0.2) is 17.8 Å². The topological polar surface area (TPSA) is 59.0 Å². The molecule has 1 atom stereocenters. The van der Waals surface area contributed by atoms with Crippen molar-refractivity contribution in [3.63, 3.8) is 0 Å². The quantitative estimate of drug-likeness (QED) is 0.873. The molecule has 6 heteroatoms. The molecule has 0 aliphatic carbocycles. The first-order valence-corrected chi connectivity index (χ1v) is 8.47. The Kier molecular flexibility index (Phi) is 4.47. The number of rotatable bonds is 3. The van der Waals surface area contributed by atoms with Gasteiger partial charge in [0, 0.05) is 36.8 Å². The van der Waals surface area contributed by atoms with Crippen molar-refractivity contribution in [3.05, 3.63) is 39.9 Å². The summed E-state index contributed by atoms with van der Waals surface area (Å²) in [4.78, 5) is 27.6. The Balaban J connectivity index is 1.66. The summed E-state index contributed by atoms with van der Waals surface area (Å²) in [6, 6.07) is 0. The van der Waals surface area contributed by atoms with Crippen molar-refractivity contribution in [1.29, 1.82) is 0 Å². The highest BCUT2D eigenvalue weighted by Crippen LogP contribution is 2.25. The molecule has 116 valence electrons. The number of hydrogen-bond donors (Lipinski definition) is 0. The van der Waals surface area contributed by atoms with Crippen LogP contribution in [0.3, 0.4) is 0 Å². The number of piperidine rings is 1. The Morgan fingerprint density at radius 2 is 2.23 bits per heavy atom. The zero-order valence-corrected chi connectivity index (χ0v) is 13.8. The van der Waals surface area contributed by atoms with Gasteiger partial charge in [-0.3, -0.25) is 14.8 Å². The van der Waals surface area contributed by atoms with Gasteiger partial charge in [0.05, 0.1) is 28.5 Å². The third kappa shape index (κ3) is 3.50. The second-order valence-electron chi connectivity index (χ2n) is 5.80. The lowest BCUT2D eigenvalue weighted by molar-refractivity contribution is -0.131. The SMILES string of the molecule is Cc1cncc(C2CCCN(C(=O)Cc3csc(C)n3)C2)n1. The lowest BCUT2D eigenvalue weighted by Gasteiger charge is -2.32. The van der Waals surface area contributed by atoms with Gasteiger partial charge in [-0.05, 0) is 26.7 Å².